The molecule has 0 amide bonds. The number of anilines is 1. The standard InChI is InChI=1S/C7H3ClN4O/c8-6-3(1-9)5(13)4(2-10)7(11)12-6/h(H3,11,12,13). The number of aromatic hydroxyl groups is 1. The molecule has 0 aliphatic carbocycles. The summed E-state index contributed by atoms with van der Waals surface area (Å²) < 4.78 is 0. The van der Waals surface area contributed by atoms with E-state index < -0.39 is 5.75 Å². The molecule has 0 aromatic carbocycles. The van der Waals surface area contributed by atoms with E-state index >= 15 is 0 Å². The molecule has 0 radical (unpaired) electrons. The van der Waals surface area contributed by atoms with E-state index in [-0.39, 0.29) is 22.1 Å². The summed E-state index contributed by atoms with van der Waals surface area (Å²) in [5.74, 6) is -0.716. The summed E-state index contributed by atoms with van der Waals surface area (Å²) >= 11 is 5.48. The Bertz CT molecular complexity index is 405. The van der Waals surface area contributed by atoms with E-state index in [2.05, 4.69) is 4.98 Å². The van der Waals surface area contributed by atoms with Crippen LogP contribution < -0.4 is 5.73 Å². The number of nitriles is 2. The van der Waals surface area contributed by atoms with Crippen molar-refractivity contribution in [3.63, 3.8) is 0 Å². The van der Waals surface area contributed by atoms with Gasteiger partial charge in [-0.15, -0.1) is 0 Å². The Balaban J connectivity index is 3.63. The van der Waals surface area contributed by atoms with E-state index in [1.54, 1.807) is 12.1 Å². The van der Waals surface area contributed by atoms with Crippen molar-refractivity contribution >= 4 is 17.4 Å². The molecule has 0 bridgehead atoms. The van der Waals surface area contributed by atoms with E-state index in [9.17, 15) is 5.11 Å². The van der Waals surface area contributed by atoms with Gasteiger partial charge in [-0.05, 0) is 0 Å². The zero-order valence-electron chi connectivity index (χ0n) is 6.24. The number of aromatic nitrogens is 1. The third kappa shape index (κ3) is 1.33. The van der Waals surface area contributed by atoms with Gasteiger partial charge in [0.05, 0.1) is 0 Å². The molecule has 5 nitrogen and oxygen atoms in total. The number of nitrogens with two attached hydrogens (primary N) is 1. The van der Waals surface area contributed by atoms with Crippen LogP contribution in [0, 0.1) is 22.7 Å². The third-order valence-electron chi connectivity index (χ3n) is 1.38. The first-order chi connectivity index (χ1) is 6.11. The summed E-state index contributed by atoms with van der Waals surface area (Å²) in [4.78, 5) is 3.51. The van der Waals surface area contributed by atoms with Crippen LogP contribution in [0.5, 0.6) is 5.75 Å². The number of hydrogen-bond acceptors (Lipinski definition) is 5. The highest BCUT2D eigenvalue weighted by molar-refractivity contribution is 6.31. The van der Waals surface area contributed by atoms with Gasteiger partial charge in [-0.2, -0.15) is 10.5 Å². The van der Waals surface area contributed by atoms with Gasteiger partial charge in [0.1, 0.15) is 29.1 Å². The summed E-state index contributed by atoms with van der Waals surface area (Å²) in [5.41, 5.74) is 4.79. The molecule has 0 saturated carbocycles. The Morgan fingerprint density at radius 2 is 1.85 bits per heavy atom. The molecule has 64 valence electrons. The highest BCUT2D eigenvalue weighted by atomic mass is 35.5. The van der Waals surface area contributed by atoms with Crippen molar-refractivity contribution in [2.45, 2.75) is 0 Å². The number of nitrogens with zero attached hydrogens (tertiary/aromatic N) is 3. The Kier molecular flexibility index (Phi) is 2.23. The zero-order valence-corrected chi connectivity index (χ0v) is 7.00. The normalized spacial score (nSPS) is 8.85. The summed E-state index contributed by atoms with van der Waals surface area (Å²) in [6.45, 7) is 0. The lowest BCUT2D eigenvalue weighted by atomic mass is 10.2. The molecule has 6 heteroatoms. The maximum absolute atomic E-state index is 9.30. The molecule has 0 aliphatic rings. The average Bonchev–Trinajstić information content (AvgIpc) is 2.04. The molecule has 0 unspecified atom stereocenters. The summed E-state index contributed by atoms with van der Waals surface area (Å²) in [5, 5.41) is 26.1. The lowest BCUT2D eigenvalue weighted by molar-refractivity contribution is 0.471. The van der Waals surface area contributed by atoms with Gasteiger partial charge in [0, 0.05) is 0 Å². The quantitative estimate of drug-likeness (QED) is 0.593. The van der Waals surface area contributed by atoms with E-state index in [1.807, 2.05) is 0 Å². The first-order valence-electron chi connectivity index (χ1n) is 3.10. The van der Waals surface area contributed by atoms with Crippen molar-refractivity contribution in [2.75, 3.05) is 5.73 Å². The average molecular weight is 195 g/mol. The minimum atomic E-state index is -0.525. The molecule has 3 N–H and O–H groups in total. The molecule has 1 heterocycles. The minimum absolute atomic E-state index is 0.191. The van der Waals surface area contributed by atoms with Gasteiger partial charge in [0.15, 0.2) is 10.9 Å². The van der Waals surface area contributed by atoms with Crippen LogP contribution in [0.1, 0.15) is 11.1 Å². The Morgan fingerprint density at radius 3 is 2.31 bits per heavy atom. The predicted molar refractivity (Wildman–Crippen MR) is 44.8 cm³/mol. The molecule has 1 aromatic rings. The number of nitrogen functional groups attached to an aromatic ring is 1. The van der Waals surface area contributed by atoms with Crippen LogP contribution in [0.4, 0.5) is 5.82 Å². The Labute approximate surface area is 78.6 Å². The second-order valence-electron chi connectivity index (χ2n) is 2.11. The summed E-state index contributed by atoms with van der Waals surface area (Å²) in [6.07, 6.45) is 0. The smallest absolute Gasteiger partial charge is 0.158 e. The first kappa shape index (κ1) is 9.11. The van der Waals surface area contributed by atoms with Crippen molar-refractivity contribution in [3.8, 4) is 17.9 Å². The fraction of sp³-hybridized carbons (Fsp3) is 0. The second-order valence-corrected chi connectivity index (χ2v) is 2.47. The summed E-state index contributed by atoms with van der Waals surface area (Å²) in [7, 11) is 0. The highest BCUT2D eigenvalue weighted by Crippen LogP contribution is 2.29. The van der Waals surface area contributed by atoms with E-state index in [0.29, 0.717) is 0 Å². The van der Waals surface area contributed by atoms with Crippen molar-refractivity contribution in [1.82, 2.24) is 4.98 Å². The molecule has 0 atom stereocenters. The number of halogens is 1. The van der Waals surface area contributed by atoms with Gasteiger partial charge >= 0.3 is 0 Å². The Morgan fingerprint density at radius 1 is 1.31 bits per heavy atom. The molecular formula is C7H3ClN4O. The van der Waals surface area contributed by atoms with Crippen LogP contribution in [-0.4, -0.2) is 10.1 Å². The predicted octanol–water partition coefficient (Wildman–Crippen LogP) is 0.766. The fourth-order valence-electron chi connectivity index (χ4n) is 0.771. The summed E-state index contributed by atoms with van der Waals surface area (Å²) in [6, 6.07) is 3.23. The maximum Gasteiger partial charge on any atom is 0.158 e. The van der Waals surface area contributed by atoms with Crippen molar-refractivity contribution in [1.29, 1.82) is 10.5 Å². The molecule has 0 spiro atoms. The highest BCUT2D eigenvalue weighted by Gasteiger charge is 2.15. The monoisotopic (exact) mass is 194 g/mol. The number of hydrogen-bond donors (Lipinski definition) is 2. The van der Waals surface area contributed by atoms with Crippen LogP contribution in [0.15, 0.2) is 0 Å². The number of pyridine rings is 1. The molecule has 1 aromatic heterocycles. The molecule has 13 heavy (non-hydrogen) atoms. The van der Waals surface area contributed by atoms with Crippen LogP contribution in [0.2, 0.25) is 5.15 Å². The van der Waals surface area contributed by atoms with Crippen molar-refractivity contribution in [3.05, 3.63) is 16.3 Å². The van der Waals surface area contributed by atoms with Crippen LogP contribution in [-0.2, 0) is 0 Å². The third-order valence-corrected chi connectivity index (χ3v) is 1.65. The van der Waals surface area contributed by atoms with E-state index in [1.165, 1.54) is 0 Å². The topological polar surface area (TPSA) is 107 Å². The van der Waals surface area contributed by atoms with Gasteiger partial charge in [-0.25, -0.2) is 4.98 Å². The second kappa shape index (κ2) is 3.18. The maximum atomic E-state index is 9.30. The van der Waals surface area contributed by atoms with E-state index in [4.69, 9.17) is 27.9 Å². The van der Waals surface area contributed by atoms with Crippen molar-refractivity contribution < 1.29 is 5.11 Å². The lowest BCUT2D eigenvalue weighted by Gasteiger charge is -2.02. The minimum Gasteiger partial charge on any atom is -0.505 e. The van der Waals surface area contributed by atoms with Crippen LogP contribution >= 0.6 is 11.6 Å². The van der Waals surface area contributed by atoms with Gasteiger partial charge < -0.3 is 10.8 Å². The van der Waals surface area contributed by atoms with Crippen LogP contribution in [0.25, 0.3) is 0 Å². The van der Waals surface area contributed by atoms with Gasteiger partial charge in [-0.3, -0.25) is 0 Å². The number of rotatable bonds is 0. The van der Waals surface area contributed by atoms with Gasteiger partial charge in [0.25, 0.3) is 0 Å². The first-order valence-corrected chi connectivity index (χ1v) is 3.47. The molecular weight excluding hydrogens is 192 g/mol. The van der Waals surface area contributed by atoms with Crippen molar-refractivity contribution in [2.24, 2.45) is 0 Å². The zero-order chi connectivity index (χ0) is 10.0. The molecule has 0 fully saturated rings. The van der Waals surface area contributed by atoms with Crippen LogP contribution in [0.3, 0.4) is 0 Å². The Hall–Kier alpha value is -1.98. The molecule has 1 rings (SSSR count). The van der Waals surface area contributed by atoms with Gasteiger partial charge in [-0.1, -0.05) is 11.6 Å². The largest absolute Gasteiger partial charge is 0.505 e. The SMILES string of the molecule is N#Cc1c(N)nc(Cl)c(C#N)c1O. The molecule has 0 aliphatic heterocycles. The fourth-order valence-corrected chi connectivity index (χ4v) is 0.994. The van der Waals surface area contributed by atoms with Gasteiger partial charge in [0.2, 0.25) is 0 Å². The lowest BCUT2D eigenvalue weighted by Crippen LogP contribution is -1.98. The molecule has 0 saturated heterocycles. The van der Waals surface area contributed by atoms with E-state index in [0.717, 1.165) is 0 Å².